The lowest BCUT2D eigenvalue weighted by atomic mass is 10.0. The second-order valence-electron chi connectivity index (χ2n) is 5.18. The van der Waals surface area contributed by atoms with Gasteiger partial charge in [0.2, 0.25) is 5.91 Å². The normalized spacial score (nSPS) is 30.0. The summed E-state index contributed by atoms with van der Waals surface area (Å²) in [5.74, 6) is 0.800. The summed E-state index contributed by atoms with van der Waals surface area (Å²) >= 11 is 0. The summed E-state index contributed by atoms with van der Waals surface area (Å²) in [7, 11) is 0. The van der Waals surface area contributed by atoms with Crippen LogP contribution in [0.2, 0.25) is 0 Å². The van der Waals surface area contributed by atoms with Crippen LogP contribution in [0.4, 0.5) is 5.69 Å². The highest BCUT2D eigenvalue weighted by atomic mass is 16.2. The van der Waals surface area contributed by atoms with Crippen molar-refractivity contribution in [2.24, 2.45) is 5.92 Å². The first-order chi connectivity index (χ1) is 8.19. The molecule has 0 spiro atoms. The van der Waals surface area contributed by atoms with Crippen LogP contribution >= 0.6 is 0 Å². The van der Waals surface area contributed by atoms with Gasteiger partial charge in [-0.2, -0.15) is 0 Å². The van der Waals surface area contributed by atoms with E-state index in [1.54, 1.807) is 0 Å². The zero-order valence-corrected chi connectivity index (χ0v) is 10.3. The molecule has 1 aromatic rings. The fourth-order valence-corrected chi connectivity index (χ4v) is 2.46. The Morgan fingerprint density at radius 2 is 2.24 bits per heavy atom. The minimum absolute atomic E-state index is 0.0901. The van der Waals surface area contributed by atoms with E-state index in [-0.39, 0.29) is 11.9 Å². The third kappa shape index (κ3) is 1.84. The van der Waals surface area contributed by atoms with E-state index < -0.39 is 0 Å². The highest BCUT2D eigenvalue weighted by molar-refractivity contribution is 6.02. The molecule has 3 nitrogen and oxygen atoms in total. The molecule has 1 aliphatic heterocycles. The maximum atomic E-state index is 11.9. The Hall–Kier alpha value is -1.35. The quantitative estimate of drug-likeness (QED) is 0.836. The van der Waals surface area contributed by atoms with E-state index in [4.69, 9.17) is 0 Å². The molecule has 3 rings (SSSR count). The van der Waals surface area contributed by atoms with Crippen molar-refractivity contribution < 1.29 is 4.79 Å². The predicted molar refractivity (Wildman–Crippen MR) is 67.9 cm³/mol. The highest BCUT2D eigenvalue weighted by Crippen LogP contribution is 2.37. The number of hydrogen-bond acceptors (Lipinski definition) is 2. The third-order valence-corrected chi connectivity index (χ3v) is 3.85. The van der Waals surface area contributed by atoms with Gasteiger partial charge in [-0.1, -0.05) is 26.0 Å². The summed E-state index contributed by atoms with van der Waals surface area (Å²) in [6, 6.07) is 6.62. The fraction of sp³-hybridized carbons (Fsp3) is 0.500. The Bertz CT molecular complexity index is 469. The Morgan fingerprint density at radius 1 is 1.47 bits per heavy atom. The molecule has 0 bridgehead atoms. The number of benzene rings is 1. The second-order valence-corrected chi connectivity index (χ2v) is 5.18. The lowest BCUT2D eigenvalue weighted by Gasteiger charge is -2.11. The number of carbonyl (C=O) groups excluding carboxylic acids is 1. The summed E-state index contributed by atoms with van der Waals surface area (Å²) in [6.07, 6.45) is 2.20. The smallest absolute Gasteiger partial charge is 0.246 e. The summed E-state index contributed by atoms with van der Waals surface area (Å²) in [5, 5.41) is 6.39. The Labute approximate surface area is 102 Å². The lowest BCUT2D eigenvalue weighted by molar-refractivity contribution is -0.117. The molecule has 3 unspecified atom stereocenters. The highest BCUT2D eigenvalue weighted by Gasteiger charge is 2.39. The van der Waals surface area contributed by atoms with Gasteiger partial charge >= 0.3 is 0 Å². The molecule has 1 saturated carbocycles. The molecule has 3 heteroatoms. The van der Waals surface area contributed by atoms with Crippen LogP contribution in [0, 0.1) is 5.92 Å². The van der Waals surface area contributed by atoms with Crippen LogP contribution in [0.15, 0.2) is 18.2 Å². The van der Waals surface area contributed by atoms with Crippen molar-refractivity contribution in [2.45, 2.75) is 38.8 Å². The van der Waals surface area contributed by atoms with Crippen LogP contribution in [0.25, 0.3) is 0 Å². The van der Waals surface area contributed by atoms with Crippen molar-refractivity contribution in [1.29, 1.82) is 0 Å². The van der Waals surface area contributed by atoms with E-state index in [0.29, 0.717) is 12.0 Å². The molecule has 90 valence electrons. The standard InChI is InChI=1S/C14H18N2O/c1-3-9-4-5-11-10(7-9)13(14(17)16-11)15-12-6-8(12)2/h4-5,7-8,12-13,15H,3,6H2,1-2H3,(H,16,17). The second kappa shape index (κ2) is 3.84. The molecular weight excluding hydrogens is 212 g/mol. The van der Waals surface area contributed by atoms with Crippen LogP contribution in [0.1, 0.15) is 37.4 Å². The number of nitrogens with one attached hydrogen (secondary N) is 2. The van der Waals surface area contributed by atoms with Gasteiger partial charge in [0.15, 0.2) is 0 Å². The average Bonchev–Trinajstić information content (AvgIpc) is 2.93. The van der Waals surface area contributed by atoms with Crippen LogP contribution in [-0.2, 0) is 11.2 Å². The minimum atomic E-state index is -0.147. The zero-order chi connectivity index (χ0) is 12.0. The first-order valence-electron chi connectivity index (χ1n) is 6.38. The van der Waals surface area contributed by atoms with Crippen LogP contribution in [-0.4, -0.2) is 11.9 Å². The molecule has 2 aliphatic rings. The average molecular weight is 230 g/mol. The predicted octanol–water partition coefficient (Wildman–Crippen LogP) is 2.24. The summed E-state index contributed by atoms with van der Waals surface area (Å²) < 4.78 is 0. The summed E-state index contributed by atoms with van der Waals surface area (Å²) in [4.78, 5) is 11.9. The number of hydrogen-bond donors (Lipinski definition) is 2. The first kappa shape index (κ1) is 10.8. The Morgan fingerprint density at radius 3 is 2.88 bits per heavy atom. The molecule has 1 aromatic carbocycles. The van der Waals surface area contributed by atoms with E-state index in [9.17, 15) is 4.79 Å². The van der Waals surface area contributed by atoms with E-state index >= 15 is 0 Å². The molecule has 0 saturated heterocycles. The lowest BCUT2D eigenvalue weighted by Crippen LogP contribution is -2.29. The topological polar surface area (TPSA) is 41.1 Å². The van der Waals surface area contributed by atoms with E-state index in [1.807, 2.05) is 6.07 Å². The number of anilines is 1. The van der Waals surface area contributed by atoms with Crippen molar-refractivity contribution in [3.63, 3.8) is 0 Å². The van der Waals surface area contributed by atoms with Gasteiger partial charge in [-0.15, -0.1) is 0 Å². The molecule has 1 aliphatic carbocycles. The maximum Gasteiger partial charge on any atom is 0.246 e. The largest absolute Gasteiger partial charge is 0.324 e. The third-order valence-electron chi connectivity index (χ3n) is 3.85. The molecule has 17 heavy (non-hydrogen) atoms. The monoisotopic (exact) mass is 230 g/mol. The summed E-state index contributed by atoms with van der Waals surface area (Å²) in [5.41, 5.74) is 3.38. The molecular formula is C14H18N2O. The SMILES string of the molecule is CCc1ccc2c(c1)C(NC1CC1C)C(=O)N2. The van der Waals surface area contributed by atoms with Crippen molar-refractivity contribution in [3.8, 4) is 0 Å². The van der Waals surface area contributed by atoms with Crippen molar-refractivity contribution in [2.75, 3.05) is 5.32 Å². The molecule has 0 aromatic heterocycles. The molecule has 2 N–H and O–H groups in total. The summed E-state index contributed by atoms with van der Waals surface area (Å²) in [6.45, 7) is 4.35. The zero-order valence-electron chi connectivity index (χ0n) is 10.3. The van der Waals surface area contributed by atoms with E-state index in [2.05, 4.69) is 36.6 Å². The minimum Gasteiger partial charge on any atom is -0.324 e. The number of fused-ring (bicyclic) bond motifs is 1. The molecule has 1 heterocycles. The van der Waals surface area contributed by atoms with Gasteiger partial charge in [-0.05, 0) is 30.4 Å². The van der Waals surface area contributed by atoms with E-state index in [0.717, 1.165) is 17.7 Å². The fourth-order valence-electron chi connectivity index (χ4n) is 2.46. The Balaban J connectivity index is 1.88. The van der Waals surface area contributed by atoms with Crippen molar-refractivity contribution in [3.05, 3.63) is 29.3 Å². The van der Waals surface area contributed by atoms with Crippen molar-refractivity contribution in [1.82, 2.24) is 5.32 Å². The molecule has 1 fully saturated rings. The van der Waals surface area contributed by atoms with Gasteiger partial charge in [-0.3, -0.25) is 10.1 Å². The number of aryl methyl sites for hydroxylation is 1. The number of carbonyl (C=O) groups is 1. The Kier molecular flexibility index (Phi) is 2.44. The first-order valence-corrected chi connectivity index (χ1v) is 6.38. The van der Waals surface area contributed by atoms with Gasteiger partial charge in [0.05, 0.1) is 0 Å². The van der Waals surface area contributed by atoms with Gasteiger partial charge in [0.25, 0.3) is 0 Å². The number of rotatable bonds is 3. The molecule has 1 amide bonds. The van der Waals surface area contributed by atoms with Gasteiger partial charge < -0.3 is 5.32 Å². The molecule has 0 radical (unpaired) electrons. The van der Waals surface area contributed by atoms with Gasteiger partial charge in [0.1, 0.15) is 6.04 Å². The number of amides is 1. The van der Waals surface area contributed by atoms with Gasteiger partial charge in [-0.25, -0.2) is 0 Å². The van der Waals surface area contributed by atoms with Gasteiger partial charge in [0, 0.05) is 17.3 Å². The van der Waals surface area contributed by atoms with Crippen LogP contribution in [0.3, 0.4) is 0 Å². The van der Waals surface area contributed by atoms with E-state index in [1.165, 1.54) is 12.0 Å². The van der Waals surface area contributed by atoms with Crippen LogP contribution < -0.4 is 10.6 Å². The van der Waals surface area contributed by atoms with Crippen LogP contribution in [0.5, 0.6) is 0 Å². The van der Waals surface area contributed by atoms with Crippen molar-refractivity contribution >= 4 is 11.6 Å². The maximum absolute atomic E-state index is 11.9. The molecule has 3 atom stereocenters.